The summed E-state index contributed by atoms with van der Waals surface area (Å²) in [6.45, 7) is 7.95. The zero-order valence-electron chi connectivity index (χ0n) is 16.1. The number of rotatable bonds is 10. The van der Waals surface area contributed by atoms with Crippen LogP contribution in [0, 0.1) is 5.41 Å². The van der Waals surface area contributed by atoms with Crippen molar-refractivity contribution in [2.45, 2.75) is 32.1 Å². The van der Waals surface area contributed by atoms with Crippen molar-refractivity contribution < 1.29 is 14.6 Å². The van der Waals surface area contributed by atoms with E-state index < -0.39 is 8.07 Å². The third-order valence-electron chi connectivity index (χ3n) is 3.77. The summed E-state index contributed by atoms with van der Waals surface area (Å²) in [5.41, 5.74) is 1.60. The molecule has 0 atom stereocenters. The van der Waals surface area contributed by atoms with Crippen molar-refractivity contribution >= 4 is 20.0 Å². The van der Waals surface area contributed by atoms with Crippen LogP contribution in [-0.2, 0) is 4.74 Å². The molecular formula is C20H27N3O3Si. The molecule has 2 aromatic rings. The first-order valence-corrected chi connectivity index (χ1v) is 12.6. The number of nitrogens with zero attached hydrogens (tertiary/aromatic N) is 2. The molecule has 0 aliphatic rings. The Balaban J connectivity index is 1.96. The molecule has 0 amide bonds. The van der Waals surface area contributed by atoms with Crippen LogP contribution in [0.4, 0.5) is 0 Å². The fourth-order valence-electron chi connectivity index (χ4n) is 2.18. The maximum Gasteiger partial charge on any atom is 0.219 e. The molecule has 1 aromatic heterocycles. The van der Waals surface area contributed by atoms with Gasteiger partial charge in [0.25, 0.3) is 0 Å². The van der Waals surface area contributed by atoms with Gasteiger partial charge in [0.1, 0.15) is 18.2 Å². The minimum atomic E-state index is -1.10. The average Bonchev–Trinajstić information content (AvgIpc) is 2.62. The van der Waals surface area contributed by atoms with Crippen LogP contribution >= 0.6 is 0 Å². The van der Waals surface area contributed by atoms with Crippen LogP contribution < -0.4 is 4.74 Å². The van der Waals surface area contributed by atoms with E-state index in [1.54, 1.807) is 36.5 Å². The van der Waals surface area contributed by atoms with Gasteiger partial charge in [-0.3, -0.25) is 4.99 Å². The van der Waals surface area contributed by atoms with E-state index in [1.165, 1.54) is 6.21 Å². The largest absolute Gasteiger partial charge is 0.508 e. The number of phenolic OH excluding ortho intramolecular Hbond substituents is 1. The van der Waals surface area contributed by atoms with Gasteiger partial charge < -0.3 is 20.0 Å². The highest BCUT2D eigenvalue weighted by atomic mass is 28.3. The molecule has 27 heavy (non-hydrogen) atoms. The Labute approximate surface area is 161 Å². The standard InChI is InChI=1S/C20H27N3O3Si/c1-27(2,3)13-12-25-15-23-19(10-11-21)16-4-9-20(22-14-16)26-18-7-5-17(24)6-8-18/h4-9,11,14,21,24H,10,12-13,15H2,1-3H3. The molecular weight excluding hydrogens is 358 g/mol. The van der Waals surface area contributed by atoms with E-state index in [2.05, 4.69) is 29.6 Å². The van der Waals surface area contributed by atoms with Crippen molar-refractivity contribution in [2.24, 2.45) is 4.99 Å². The fourth-order valence-corrected chi connectivity index (χ4v) is 2.94. The van der Waals surface area contributed by atoms with Crippen LogP contribution in [0.1, 0.15) is 12.0 Å². The number of pyridine rings is 1. The van der Waals surface area contributed by atoms with Crippen molar-refractivity contribution in [3.63, 3.8) is 0 Å². The number of aromatic nitrogens is 1. The van der Waals surface area contributed by atoms with E-state index in [0.29, 0.717) is 24.8 Å². The van der Waals surface area contributed by atoms with Gasteiger partial charge in [0.15, 0.2) is 0 Å². The Hall–Kier alpha value is -2.51. The maximum absolute atomic E-state index is 9.30. The number of hydrogen-bond donors (Lipinski definition) is 2. The van der Waals surface area contributed by atoms with Crippen LogP contribution in [-0.4, -0.2) is 43.4 Å². The molecule has 0 saturated heterocycles. The second-order valence-corrected chi connectivity index (χ2v) is 13.0. The predicted octanol–water partition coefficient (Wildman–Crippen LogP) is 4.72. The van der Waals surface area contributed by atoms with Gasteiger partial charge in [-0.1, -0.05) is 19.6 Å². The van der Waals surface area contributed by atoms with Gasteiger partial charge in [0.2, 0.25) is 5.88 Å². The number of phenols is 1. The Morgan fingerprint density at radius 1 is 1.19 bits per heavy atom. The van der Waals surface area contributed by atoms with Crippen LogP contribution in [0.5, 0.6) is 17.4 Å². The molecule has 2 rings (SSSR count). The van der Waals surface area contributed by atoms with Crippen molar-refractivity contribution in [3.05, 3.63) is 48.2 Å². The summed E-state index contributed by atoms with van der Waals surface area (Å²) in [6, 6.07) is 11.2. The quantitative estimate of drug-likeness (QED) is 0.352. The second-order valence-electron chi connectivity index (χ2n) is 7.34. The molecule has 0 aliphatic carbocycles. The summed E-state index contributed by atoms with van der Waals surface area (Å²) in [4.78, 5) is 8.78. The summed E-state index contributed by atoms with van der Waals surface area (Å²) >= 11 is 0. The summed E-state index contributed by atoms with van der Waals surface area (Å²) in [7, 11) is -1.10. The van der Waals surface area contributed by atoms with Crippen molar-refractivity contribution in [3.8, 4) is 17.4 Å². The lowest BCUT2D eigenvalue weighted by atomic mass is 10.1. The molecule has 6 nitrogen and oxygen atoms in total. The van der Waals surface area contributed by atoms with E-state index >= 15 is 0 Å². The lowest BCUT2D eigenvalue weighted by Crippen LogP contribution is -2.21. The SMILES string of the molecule is C[Si](C)(C)CCOCN=C(CC=N)c1ccc(Oc2ccc(O)cc2)nc1. The molecule has 0 unspecified atom stereocenters. The Kier molecular flexibility index (Phi) is 7.69. The van der Waals surface area contributed by atoms with Crippen molar-refractivity contribution in [2.75, 3.05) is 13.3 Å². The molecule has 0 aliphatic heterocycles. The molecule has 0 fully saturated rings. The molecule has 0 radical (unpaired) electrons. The first-order chi connectivity index (χ1) is 12.9. The molecule has 0 spiro atoms. The monoisotopic (exact) mass is 385 g/mol. The normalized spacial score (nSPS) is 12.0. The highest BCUT2D eigenvalue weighted by molar-refractivity contribution is 6.76. The summed E-state index contributed by atoms with van der Waals surface area (Å²) in [5, 5.41) is 16.7. The summed E-state index contributed by atoms with van der Waals surface area (Å²) < 4.78 is 11.3. The average molecular weight is 386 g/mol. The minimum absolute atomic E-state index is 0.185. The Morgan fingerprint density at radius 3 is 2.52 bits per heavy atom. The van der Waals surface area contributed by atoms with Gasteiger partial charge in [-0.05, 0) is 36.4 Å². The van der Waals surface area contributed by atoms with Crippen LogP contribution in [0.15, 0.2) is 47.6 Å². The zero-order chi connectivity index (χ0) is 19.7. The molecule has 1 aromatic carbocycles. The molecule has 0 saturated carbocycles. The maximum atomic E-state index is 9.30. The predicted molar refractivity (Wildman–Crippen MR) is 111 cm³/mol. The van der Waals surface area contributed by atoms with Gasteiger partial charge in [-0.2, -0.15) is 0 Å². The zero-order valence-corrected chi connectivity index (χ0v) is 17.1. The topological polar surface area (TPSA) is 87.8 Å². The molecule has 1 heterocycles. The third kappa shape index (κ3) is 7.72. The Morgan fingerprint density at radius 2 is 1.93 bits per heavy atom. The van der Waals surface area contributed by atoms with E-state index in [0.717, 1.165) is 23.9 Å². The van der Waals surface area contributed by atoms with Crippen LogP contribution in [0.3, 0.4) is 0 Å². The second kappa shape index (κ2) is 9.99. The van der Waals surface area contributed by atoms with Gasteiger partial charge in [0.05, 0.1) is 5.71 Å². The lowest BCUT2D eigenvalue weighted by Gasteiger charge is -2.14. The molecule has 7 heteroatoms. The third-order valence-corrected chi connectivity index (χ3v) is 5.47. The lowest BCUT2D eigenvalue weighted by molar-refractivity contribution is 0.155. The highest BCUT2D eigenvalue weighted by Gasteiger charge is 2.12. The van der Waals surface area contributed by atoms with Gasteiger partial charge >= 0.3 is 0 Å². The fraction of sp³-hybridized carbons (Fsp3) is 0.350. The number of aliphatic imine (C=N–C) groups is 1. The van der Waals surface area contributed by atoms with Gasteiger partial charge in [0, 0.05) is 45.1 Å². The van der Waals surface area contributed by atoms with E-state index in [1.807, 2.05) is 6.07 Å². The molecule has 144 valence electrons. The van der Waals surface area contributed by atoms with Crippen molar-refractivity contribution in [1.29, 1.82) is 5.41 Å². The first kappa shape index (κ1) is 20.8. The van der Waals surface area contributed by atoms with E-state index in [4.69, 9.17) is 14.9 Å². The van der Waals surface area contributed by atoms with Gasteiger partial charge in [-0.15, -0.1) is 0 Å². The van der Waals surface area contributed by atoms with Crippen LogP contribution in [0.2, 0.25) is 25.7 Å². The number of benzene rings is 1. The van der Waals surface area contributed by atoms with Crippen LogP contribution in [0.25, 0.3) is 0 Å². The molecule has 2 N–H and O–H groups in total. The number of hydrogen-bond acceptors (Lipinski definition) is 6. The minimum Gasteiger partial charge on any atom is -0.508 e. The molecule has 0 bridgehead atoms. The smallest absolute Gasteiger partial charge is 0.219 e. The summed E-state index contributed by atoms with van der Waals surface area (Å²) in [6.07, 6.45) is 3.43. The summed E-state index contributed by atoms with van der Waals surface area (Å²) in [5.74, 6) is 1.23. The van der Waals surface area contributed by atoms with Crippen molar-refractivity contribution in [1.82, 2.24) is 4.98 Å². The Bertz CT molecular complexity index is 754. The van der Waals surface area contributed by atoms with E-state index in [-0.39, 0.29) is 5.75 Å². The number of nitrogens with one attached hydrogen (secondary N) is 1. The number of ether oxygens (including phenoxy) is 2. The highest BCUT2D eigenvalue weighted by Crippen LogP contribution is 2.22. The number of aromatic hydroxyl groups is 1. The van der Waals surface area contributed by atoms with Gasteiger partial charge in [-0.25, -0.2) is 4.98 Å². The first-order valence-electron chi connectivity index (χ1n) is 8.91. The van der Waals surface area contributed by atoms with E-state index in [9.17, 15) is 5.11 Å².